The van der Waals surface area contributed by atoms with Gasteiger partial charge in [-0.15, -0.1) is 0 Å². The lowest BCUT2D eigenvalue weighted by Gasteiger charge is -2.30. The average Bonchev–Trinajstić information content (AvgIpc) is 2.22. The van der Waals surface area contributed by atoms with Crippen LogP contribution < -0.4 is 5.73 Å². The lowest BCUT2D eigenvalue weighted by Crippen LogP contribution is -2.42. The van der Waals surface area contributed by atoms with Crippen LogP contribution in [0, 0.1) is 5.82 Å². The topological polar surface area (TPSA) is 29.3 Å². The Balaban J connectivity index is 2.02. The van der Waals surface area contributed by atoms with Gasteiger partial charge in [0.2, 0.25) is 0 Å². The van der Waals surface area contributed by atoms with Crippen LogP contribution in [0.3, 0.4) is 0 Å². The SMILES string of the molecule is NC1CCCN(Cc2ccc(Cl)cc2F)C1. The summed E-state index contributed by atoms with van der Waals surface area (Å²) < 4.78 is 13.6. The van der Waals surface area contributed by atoms with Gasteiger partial charge in [0.15, 0.2) is 0 Å². The van der Waals surface area contributed by atoms with Crippen molar-refractivity contribution in [2.45, 2.75) is 25.4 Å². The van der Waals surface area contributed by atoms with Crippen molar-refractivity contribution in [2.24, 2.45) is 5.73 Å². The van der Waals surface area contributed by atoms with Gasteiger partial charge in [-0.05, 0) is 31.5 Å². The van der Waals surface area contributed by atoms with E-state index in [1.54, 1.807) is 12.1 Å². The van der Waals surface area contributed by atoms with E-state index in [-0.39, 0.29) is 11.9 Å². The molecule has 1 atom stereocenters. The van der Waals surface area contributed by atoms with Gasteiger partial charge in [-0.1, -0.05) is 17.7 Å². The molecule has 0 radical (unpaired) electrons. The first-order valence-electron chi connectivity index (χ1n) is 5.57. The second-order valence-electron chi connectivity index (χ2n) is 4.37. The zero-order valence-corrected chi connectivity index (χ0v) is 9.88. The molecule has 1 aliphatic rings. The zero-order chi connectivity index (χ0) is 11.5. The van der Waals surface area contributed by atoms with Crippen LogP contribution in [0.1, 0.15) is 18.4 Å². The third-order valence-electron chi connectivity index (χ3n) is 2.95. The number of nitrogens with two attached hydrogens (primary N) is 1. The number of piperidine rings is 1. The van der Waals surface area contributed by atoms with Gasteiger partial charge < -0.3 is 5.73 Å². The van der Waals surface area contributed by atoms with E-state index < -0.39 is 0 Å². The summed E-state index contributed by atoms with van der Waals surface area (Å²) in [4.78, 5) is 2.19. The largest absolute Gasteiger partial charge is 0.327 e. The Morgan fingerprint density at radius 2 is 2.31 bits per heavy atom. The van der Waals surface area contributed by atoms with Crippen LogP contribution in [0.4, 0.5) is 4.39 Å². The number of nitrogens with zero attached hydrogens (tertiary/aromatic N) is 1. The van der Waals surface area contributed by atoms with E-state index in [0.717, 1.165) is 25.9 Å². The van der Waals surface area contributed by atoms with E-state index in [2.05, 4.69) is 4.90 Å². The van der Waals surface area contributed by atoms with Crippen LogP contribution in [0.5, 0.6) is 0 Å². The molecule has 0 amide bonds. The number of halogens is 2. The fourth-order valence-electron chi connectivity index (χ4n) is 2.13. The molecule has 1 saturated heterocycles. The normalized spacial score (nSPS) is 22.3. The number of hydrogen-bond donors (Lipinski definition) is 1. The molecule has 1 aliphatic heterocycles. The van der Waals surface area contributed by atoms with Gasteiger partial charge in [-0.2, -0.15) is 0 Å². The highest BCUT2D eigenvalue weighted by atomic mass is 35.5. The third kappa shape index (κ3) is 2.94. The molecule has 0 aliphatic carbocycles. The second-order valence-corrected chi connectivity index (χ2v) is 4.81. The molecule has 2 rings (SSSR count). The quantitative estimate of drug-likeness (QED) is 0.863. The summed E-state index contributed by atoms with van der Waals surface area (Å²) in [7, 11) is 0. The lowest BCUT2D eigenvalue weighted by molar-refractivity contribution is 0.199. The van der Waals surface area contributed by atoms with Crippen LogP contribution in [0.2, 0.25) is 5.02 Å². The van der Waals surface area contributed by atoms with Gasteiger partial charge in [0.1, 0.15) is 5.82 Å². The van der Waals surface area contributed by atoms with Gasteiger partial charge in [0.25, 0.3) is 0 Å². The molecule has 1 aromatic rings. The summed E-state index contributed by atoms with van der Waals surface area (Å²) in [5.41, 5.74) is 6.58. The molecule has 1 unspecified atom stereocenters. The molecule has 4 heteroatoms. The third-order valence-corrected chi connectivity index (χ3v) is 3.19. The summed E-state index contributed by atoms with van der Waals surface area (Å²) in [6.07, 6.45) is 2.16. The zero-order valence-electron chi connectivity index (χ0n) is 9.13. The standard InChI is InChI=1S/C12H16ClFN2/c13-10-4-3-9(12(14)6-10)7-16-5-1-2-11(15)8-16/h3-4,6,11H,1-2,5,7-8,15H2. The number of hydrogen-bond acceptors (Lipinski definition) is 2. The first-order valence-corrected chi connectivity index (χ1v) is 5.95. The molecule has 2 nitrogen and oxygen atoms in total. The van der Waals surface area contributed by atoms with Crippen LogP contribution in [-0.2, 0) is 6.54 Å². The molecule has 0 spiro atoms. The number of benzene rings is 1. The monoisotopic (exact) mass is 242 g/mol. The Bertz CT molecular complexity index is 370. The molecule has 1 aromatic carbocycles. The fourth-order valence-corrected chi connectivity index (χ4v) is 2.28. The van der Waals surface area contributed by atoms with Crippen molar-refractivity contribution in [1.29, 1.82) is 0 Å². The van der Waals surface area contributed by atoms with E-state index in [0.29, 0.717) is 17.1 Å². The van der Waals surface area contributed by atoms with Crippen molar-refractivity contribution in [1.82, 2.24) is 4.90 Å². The molecule has 88 valence electrons. The maximum atomic E-state index is 13.6. The Kier molecular flexibility index (Phi) is 3.79. The molecule has 1 heterocycles. The van der Waals surface area contributed by atoms with Crippen molar-refractivity contribution in [2.75, 3.05) is 13.1 Å². The molecule has 2 N–H and O–H groups in total. The highest BCUT2D eigenvalue weighted by Gasteiger charge is 2.17. The van der Waals surface area contributed by atoms with Crippen LogP contribution >= 0.6 is 11.6 Å². The molecule has 0 aromatic heterocycles. The van der Waals surface area contributed by atoms with E-state index in [9.17, 15) is 4.39 Å². The van der Waals surface area contributed by atoms with Crippen LogP contribution in [-0.4, -0.2) is 24.0 Å². The predicted molar refractivity (Wildman–Crippen MR) is 63.9 cm³/mol. The Hall–Kier alpha value is -0.640. The van der Waals surface area contributed by atoms with Crippen LogP contribution in [0.25, 0.3) is 0 Å². The molecule has 16 heavy (non-hydrogen) atoms. The maximum absolute atomic E-state index is 13.6. The summed E-state index contributed by atoms with van der Waals surface area (Å²) >= 11 is 5.71. The first-order chi connectivity index (χ1) is 7.65. The van der Waals surface area contributed by atoms with Gasteiger partial charge >= 0.3 is 0 Å². The second kappa shape index (κ2) is 5.13. The van der Waals surface area contributed by atoms with Crippen molar-refractivity contribution in [3.8, 4) is 0 Å². The molecule has 0 bridgehead atoms. The molecular weight excluding hydrogens is 227 g/mol. The Morgan fingerprint density at radius 3 is 3.00 bits per heavy atom. The summed E-state index contributed by atoms with van der Waals surface area (Å²) in [6, 6.07) is 5.06. The minimum absolute atomic E-state index is 0.226. The van der Waals surface area contributed by atoms with Gasteiger partial charge in [0, 0.05) is 29.7 Å². The molecule has 0 saturated carbocycles. The average molecular weight is 243 g/mol. The van der Waals surface area contributed by atoms with E-state index in [1.807, 2.05) is 0 Å². The fraction of sp³-hybridized carbons (Fsp3) is 0.500. The minimum Gasteiger partial charge on any atom is -0.327 e. The Labute approximate surface area is 100 Å². The smallest absolute Gasteiger partial charge is 0.129 e. The lowest BCUT2D eigenvalue weighted by atomic mass is 10.1. The van der Waals surface area contributed by atoms with Crippen molar-refractivity contribution >= 4 is 11.6 Å². The highest BCUT2D eigenvalue weighted by Crippen LogP contribution is 2.18. The maximum Gasteiger partial charge on any atom is 0.129 e. The van der Waals surface area contributed by atoms with Crippen LogP contribution in [0.15, 0.2) is 18.2 Å². The Morgan fingerprint density at radius 1 is 1.50 bits per heavy atom. The predicted octanol–water partition coefficient (Wildman–Crippen LogP) is 2.40. The van der Waals surface area contributed by atoms with Crippen molar-refractivity contribution in [3.63, 3.8) is 0 Å². The number of rotatable bonds is 2. The molecular formula is C12H16ClFN2. The molecule has 1 fully saturated rings. The summed E-state index contributed by atoms with van der Waals surface area (Å²) in [6.45, 7) is 2.47. The summed E-state index contributed by atoms with van der Waals surface area (Å²) in [5, 5.41) is 0.441. The van der Waals surface area contributed by atoms with Crippen molar-refractivity contribution in [3.05, 3.63) is 34.6 Å². The van der Waals surface area contributed by atoms with Gasteiger partial charge in [0.05, 0.1) is 0 Å². The van der Waals surface area contributed by atoms with Crippen molar-refractivity contribution < 1.29 is 4.39 Å². The minimum atomic E-state index is -0.230. The van der Waals surface area contributed by atoms with E-state index in [4.69, 9.17) is 17.3 Å². The first kappa shape index (κ1) is 11.8. The van der Waals surface area contributed by atoms with Gasteiger partial charge in [-0.3, -0.25) is 4.90 Å². The highest BCUT2D eigenvalue weighted by molar-refractivity contribution is 6.30. The van der Waals surface area contributed by atoms with Gasteiger partial charge in [-0.25, -0.2) is 4.39 Å². The summed E-state index contributed by atoms with van der Waals surface area (Å²) in [5.74, 6) is -0.230. The number of likely N-dealkylation sites (tertiary alicyclic amines) is 1. The van der Waals surface area contributed by atoms with E-state index in [1.165, 1.54) is 6.07 Å². The van der Waals surface area contributed by atoms with E-state index >= 15 is 0 Å².